The minimum Gasteiger partial charge on any atom is -0.396 e. The van der Waals surface area contributed by atoms with Crippen LogP contribution >= 0.6 is 0 Å². The Morgan fingerprint density at radius 2 is 2.30 bits per heavy atom. The number of carbonyl (C=O) groups is 1. The minimum atomic E-state index is -0.503. The average molecular weight is 281 g/mol. The zero-order chi connectivity index (χ0) is 14.8. The van der Waals surface area contributed by atoms with Crippen molar-refractivity contribution in [1.29, 1.82) is 0 Å². The van der Waals surface area contributed by atoms with Crippen LogP contribution in [-0.4, -0.2) is 33.7 Å². The van der Waals surface area contributed by atoms with E-state index in [1.54, 1.807) is 4.57 Å². The summed E-state index contributed by atoms with van der Waals surface area (Å²) in [5.41, 5.74) is 0.257. The molecule has 2 rings (SSSR count). The number of nitrogens with zero attached hydrogens (tertiary/aromatic N) is 2. The van der Waals surface area contributed by atoms with E-state index in [1.807, 2.05) is 6.92 Å². The van der Waals surface area contributed by atoms with Gasteiger partial charge in [-0.1, -0.05) is 0 Å². The Bertz CT molecular complexity index is 520. The molecule has 0 spiro atoms. The van der Waals surface area contributed by atoms with E-state index in [1.165, 1.54) is 12.3 Å². The lowest BCUT2D eigenvalue weighted by atomic mass is 10.0. The fourth-order valence-electron chi connectivity index (χ4n) is 2.33. The lowest BCUT2D eigenvalue weighted by Crippen LogP contribution is -2.32. The van der Waals surface area contributed by atoms with Crippen molar-refractivity contribution in [2.45, 2.75) is 32.7 Å². The molecule has 0 radical (unpaired) electrons. The maximum atomic E-state index is 12.1. The molecule has 1 amide bonds. The first-order chi connectivity index (χ1) is 9.51. The highest BCUT2D eigenvalue weighted by Gasteiger charge is 2.42. The first-order valence-corrected chi connectivity index (χ1v) is 6.75. The maximum absolute atomic E-state index is 12.1. The van der Waals surface area contributed by atoms with Crippen molar-refractivity contribution in [3.05, 3.63) is 28.1 Å². The molecule has 1 saturated carbocycles. The highest BCUT2D eigenvalue weighted by atomic mass is 16.6. The third-order valence-corrected chi connectivity index (χ3v) is 3.89. The normalized spacial score (nSPS) is 15.9. The number of aryl methyl sites for hydroxylation is 1. The number of aromatic nitrogens is 1. The van der Waals surface area contributed by atoms with Gasteiger partial charge in [-0.25, -0.2) is 0 Å². The molecule has 0 atom stereocenters. The number of hydrogen-bond acceptors (Lipinski definition) is 4. The number of rotatable bonds is 7. The van der Waals surface area contributed by atoms with Gasteiger partial charge in [-0.2, -0.15) is 0 Å². The first-order valence-electron chi connectivity index (χ1n) is 6.75. The molecule has 20 heavy (non-hydrogen) atoms. The highest BCUT2D eigenvalue weighted by molar-refractivity contribution is 5.93. The largest absolute Gasteiger partial charge is 0.396 e. The average Bonchev–Trinajstić information content (AvgIpc) is 3.04. The number of amides is 1. The lowest BCUT2D eigenvalue weighted by Gasteiger charge is -2.14. The molecule has 2 N–H and O–H groups in total. The predicted octanol–water partition coefficient (Wildman–Crippen LogP) is 1.31. The third kappa shape index (κ3) is 2.98. The highest BCUT2D eigenvalue weighted by Crippen LogP contribution is 2.47. The summed E-state index contributed by atoms with van der Waals surface area (Å²) in [6.45, 7) is 2.95. The van der Waals surface area contributed by atoms with Gasteiger partial charge in [0.25, 0.3) is 11.6 Å². The molecule has 1 heterocycles. The Morgan fingerprint density at radius 1 is 1.60 bits per heavy atom. The zero-order valence-corrected chi connectivity index (χ0v) is 11.5. The van der Waals surface area contributed by atoms with Crippen molar-refractivity contribution in [2.24, 2.45) is 5.41 Å². The Labute approximate surface area is 116 Å². The van der Waals surface area contributed by atoms with Gasteiger partial charge < -0.3 is 15.0 Å². The van der Waals surface area contributed by atoms with Crippen molar-refractivity contribution >= 4 is 11.6 Å². The summed E-state index contributed by atoms with van der Waals surface area (Å²) in [6.07, 6.45) is 4.06. The quantitative estimate of drug-likeness (QED) is 0.581. The summed E-state index contributed by atoms with van der Waals surface area (Å²) < 4.78 is 1.57. The van der Waals surface area contributed by atoms with Crippen LogP contribution in [0.1, 0.15) is 36.7 Å². The fourth-order valence-corrected chi connectivity index (χ4v) is 2.33. The Balaban J connectivity index is 2.03. The van der Waals surface area contributed by atoms with E-state index in [4.69, 9.17) is 5.11 Å². The molecular weight excluding hydrogens is 262 g/mol. The van der Waals surface area contributed by atoms with E-state index in [2.05, 4.69) is 5.32 Å². The van der Waals surface area contributed by atoms with Gasteiger partial charge in [0.05, 0.1) is 11.1 Å². The van der Waals surface area contributed by atoms with Crippen LogP contribution in [0.3, 0.4) is 0 Å². The lowest BCUT2D eigenvalue weighted by molar-refractivity contribution is -0.384. The summed E-state index contributed by atoms with van der Waals surface area (Å²) in [5, 5.41) is 22.5. The molecule has 7 nitrogen and oxygen atoms in total. The fraction of sp³-hybridized carbons (Fsp3) is 0.615. The van der Waals surface area contributed by atoms with Crippen molar-refractivity contribution < 1.29 is 14.8 Å². The molecule has 0 saturated heterocycles. The van der Waals surface area contributed by atoms with E-state index in [-0.39, 0.29) is 23.6 Å². The number of aliphatic hydroxyl groups is 1. The molecule has 0 bridgehead atoms. The summed E-state index contributed by atoms with van der Waals surface area (Å²) in [6, 6.07) is 1.30. The van der Waals surface area contributed by atoms with Crippen LogP contribution in [-0.2, 0) is 6.54 Å². The number of nitro groups is 1. The molecule has 0 aromatic carbocycles. The summed E-state index contributed by atoms with van der Waals surface area (Å²) in [5.74, 6) is -0.302. The van der Waals surface area contributed by atoms with E-state index < -0.39 is 4.92 Å². The summed E-state index contributed by atoms with van der Waals surface area (Å²) in [4.78, 5) is 22.4. The number of carbonyl (C=O) groups excluding carboxylic acids is 1. The second-order valence-corrected chi connectivity index (χ2v) is 5.28. The first kappa shape index (κ1) is 14.5. The minimum absolute atomic E-state index is 0.0278. The smallest absolute Gasteiger partial charge is 0.287 e. The molecule has 1 fully saturated rings. The van der Waals surface area contributed by atoms with Gasteiger partial charge in [0.2, 0.25) is 0 Å². The molecule has 1 aromatic heterocycles. The second kappa shape index (κ2) is 5.62. The van der Waals surface area contributed by atoms with E-state index >= 15 is 0 Å². The Morgan fingerprint density at radius 3 is 2.80 bits per heavy atom. The molecule has 0 unspecified atom stereocenters. The number of hydrogen-bond donors (Lipinski definition) is 2. The van der Waals surface area contributed by atoms with Crippen molar-refractivity contribution in [3.8, 4) is 0 Å². The van der Waals surface area contributed by atoms with Crippen molar-refractivity contribution in [3.63, 3.8) is 0 Å². The zero-order valence-electron chi connectivity index (χ0n) is 11.5. The van der Waals surface area contributed by atoms with Crippen LogP contribution in [0.5, 0.6) is 0 Å². The van der Waals surface area contributed by atoms with E-state index in [0.29, 0.717) is 25.2 Å². The van der Waals surface area contributed by atoms with Gasteiger partial charge in [-0.3, -0.25) is 14.9 Å². The molecule has 0 aliphatic heterocycles. The summed E-state index contributed by atoms with van der Waals surface area (Å²) >= 11 is 0. The monoisotopic (exact) mass is 281 g/mol. The van der Waals surface area contributed by atoms with Crippen molar-refractivity contribution in [2.75, 3.05) is 13.2 Å². The third-order valence-electron chi connectivity index (χ3n) is 3.89. The molecule has 110 valence electrons. The van der Waals surface area contributed by atoms with Gasteiger partial charge in [0.1, 0.15) is 5.69 Å². The van der Waals surface area contributed by atoms with Crippen LogP contribution in [0.4, 0.5) is 5.69 Å². The molecule has 1 aliphatic carbocycles. The SMILES string of the molecule is CCn1cc([N+](=O)[O-])cc1C(=O)NCC1(CCO)CC1. The number of nitrogens with one attached hydrogen (secondary N) is 1. The molecular formula is C13H19N3O4. The van der Waals surface area contributed by atoms with Gasteiger partial charge in [0.15, 0.2) is 0 Å². The van der Waals surface area contributed by atoms with Gasteiger partial charge >= 0.3 is 0 Å². The molecule has 7 heteroatoms. The van der Waals surface area contributed by atoms with E-state index in [0.717, 1.165) is 12.8 Å². The second-order valence-electron chi connectivity index (χ2n) is 5.28. The Hall–Kier alpha value is -1.89. The molecule has 1 aliphatic rings. The van der Waals surface area contributed by atoms with Crippen LogP contribution in [0.2, 0.25) is 0 Å². The Kier molecular flexibility index (Phi) is 4.08. The summed E-state index contributed by atoms with van der Waals surface area (Å²) in [7, 11) is 0. The number of aliphatic hydroxyl groups excluding tert-OH is 1. The van der Waals surface area contributed by atoms with Gasteiger partial charge in [-0.05, 0) is 31.6 Å². The van der Waals surface area contributed by atoms with Crippen LogP contribution in [0.25, 0.3) is 0 Å². The van der Waals surface area contributed by atoms with Crippen molar-refractivity contribution in [1.82, 2.24) is 9.88 Å². The topological polar surface area (TPSA) is 97.4 Å². The van der Waals surface area contributed by atoms with Crippen LogP contribution in [0, 0.1) is 15.5 Å². The van der Waals surface area contributed by atoms with E-state index in [9.17, 15) is 14.9 Å². The van der Waals surface area contributed by atoms with Gasteiger partial charge in [0, 0.05) is 25.8 Å². The van der Waals surface area contributed by atoms with Crippen LogP contribution in [0.15, 0.2) is 12.3 Å². The predicted molar refractivity (Wildman–Crippen MR) is 72.5 cm³/mol. The molecule has 1 aromatic rings. The van der Waals surface area contributed by atoms with Crippen LogP contribution < -0.4 is 5.32 Å². The van der Waals surface area contributed by atoms with Gasteiger partial charge in [-0.15, -0.1) is 0 Å². The maximum Gasteiger partial charge on any atom is 0.287 e. The standard InChI is InChI=1S/C13H19N3O4/c1-2-15-8-10(16(19)20)7-11(15)12(18)14-9-13(3-4-13)5-6-17/h7-8,17H,2-6,9H2,1H3,(H,14,18).